The van der Waals surface area contributed by atoms with E-state index in [4.69, 9.17) is 18.9 Å². The van der Waals surface area contributed by atoms with Crippen LogP contribution in [0.4, 0.5) is 0 Å². The standard InChI is InChI=1S/C58H89NO8/c1-6-8-10-12-14-16-18-20-22-23-24-25-26-27-28-29-30-31-32-33-35-37-39-41-43-45-47-49-56(61)67-54(53-66-58(57(62)63)64-51-50-59(3,4)5)52-65-55(60)48-46-44-42-40-38-36-34-21-19-17-15-13-11-9-7-2/h8-11,14-17,20-22,24-25,27-28,30-31,33-35,38-41,54,58H,6-7,12-13,18-19,23,26,29,32,36-37,42-53H2,1-5H3/b10-8-,11-9-,16-14-,17-15-,22-20-,25-24-,28-27-,31-30-,34-21-,35-33-,40-38-,41-39-. The highest BCUT2D eigenvalue weighted by Gasteiger charge is 2.21. The van der Waals surface area contributed by atoms with Crippen molar-refractivity contribution in [1.29, 1.82) is 0 Å². The van der Waals surface area contributed by atoms with Crippen LogP contribution in [-0.2, 0) is 33.3 Å². The number of hydrogen-bond donors (Lipinski definition) is 0. The highest BCUT2D eigenvalue weighted by Crippen LogP contribution is 2.10. The van der Waals surface area contributed by atoms with Crippen LogP contribution < -0.4 is 5.11 Å². The van der Waals surface area contributed by atoms with Crippen LogP contribution in [0.1, 0.15) is 142 Å². The second kappa shape index (κ2) is 47.7. The van der Waals surface area contributed by atoms with Crippen molar-refractivity contribution in [1.82, 2.24) is 0 Å². The number of aliphatic carboxylic acids is 1. The molecule has 374 valence electrons. The highest BCUT2D eigenvalue weighted by atomic mass is 16.7. The van der Waals surface area contributed by atoms with Crippen LogP contribution in [0.3, 0.4) is 0 Å². The lowest BCUT2D eigenvalue weighted by Gasteiger charge is -2.26. The van der Waals surface area contributed by atoms with Gasteiger partial charge < -0.3 is 33.3 Å². The molecule has 0 rings (SSSR count). The van der Waals surface area contributed by atoms with Gasteiger partial charge in [0, 0.05) is 12.8 Å². The van der Waals surface area contributed by atoms with Crippen molar-refractivity contribution in [3.05, 3.63) is 146 Å². The van der Waals surface area contributed by atoms with Crippen molar-refractivity contribution in [2.24, 2.45) is 0 Å². The number of quaternary nitrogens is 1. The number of hydrogen-bond acceptors (Lipinski definition) is 8. The predicted molar refractivity (Wildman–Crippen MR) is 278 cm³/mol. The summed E-state index contributed by atoms with van der Waals surface area (Å²) in [5.74, 6) is -2.43. The Morgan fingerprint density at radius 2 is 0.791 bits per heavy atom. The molecule has 0 heterocycles. The number of carboxylic acids is 1. The average molecular weight is 928 g/mol. The molecule has 0 saturated heterocycles. The number of carbonyl (C=O) groups excluding carboxylic acids is 3. The fourth-order valence-corrected chi connectivity index (χ4v) is 5.77. The molecule has 0 aliphatic heterocycles. The molecule has 9 heteroatoms. The molecule has 0 aromatic carbocycles. The molecule has 0 fully saturated rings. The Morgan fingerprint density at radius 1 is 0.448 bits per heavy atom. The molecule has 0 radical (unpaired) electrons. The first-order valence-electron chi connectivity index (χ1n) is 25.0. The predicted octanol–water partition coefficient (Wildman–Crippen LogP) is 12.8. The molecule has 0 aromatic rings. The van der Waals surface area contributed by atoms with E-state index in [1.54, 1.807) is 0 Å². The Labute approximate surface area is 407 Å². The summed E-state index contributed by atoms with van der Waals surface area (Å²) in [6.45, 7) is 4.37. The zero-order valence-corrected chi connectivity index (χ0v) is 42.2. The van der Waals surface area contributed by atoms with Crippen LogP contribution in [0.25, 0.3) is 0 Å². The van der Waals surface area contributed by atoms with Gasteiger partial charge in [-0.15, -0.1) is 0 Å². The number of unbranched alkanes of at least 4 members (excludes halogenated alkanes) is 4. The van der Waals surface area contributed by atoms with E-state index in [1.807, 2.05) is 21.1 Å². The quantitative estimate of drug-likeness (QED) is 0.0195. The van der Waals surface area contributed by atoms with E-state index >= 15 is 0 Å². The van der Waals surface area contributed by atoms with Gasteiger partial charge in [0.05, 0.1) is 40.3 Å². The van der Waals surface area contributed by atoms with Gasteiger partial charge in [0.15, 0.2) is 12.4 Å². The molecule has 9 nitrogen and oxygen atoms in total. The molecule has 2 unspecified atom stereocenters. The van der Waals surface area contributed by atoms with Gasteiger partial charge in [-0.3, -0.25) is 9.59 Å². The van der Waals surface area contributed by atoms with E-state index in [2.05, 4.69) is 160 Å². The molecular weight excluding hydrogens is 839 g/mol. The number of rotatable bonds is 43. The number of esters is 2. The van der Waals surface area contributed by atoms with Crippen molar-refractivity contribution < 1.29 is 42.9 Å². The first-order valence-corrected chi connectivity index (χ1v) is 25.0. The second-order valence-electron chi connectivity index (χ2n) is 17.0. The minimum Gasteiger partial charge on any atom is -0.545 e. The topological polar surface area (TPSA) is 111 Å². The van der Waals surface area contributed by atoms with Crippen molar-refractivity contribution >= 4 is 17.9 Å². The zero-order chi connectivity index (χ0) is 49.2. The molecule has 0 bridgehead atoms. The fraction of sp³-hybridized carbons (Fsp3) is 0.534. The molecule has 0 aliphatic carbocycles. The molecule has 0 amide bonds. The number of carboxylic acid groups (broad SMARTS) is 1. The summed E-state index contributed by atoms with van der Waals surface area (Å²) < 4.78 is 22.5. The third-order valence-electron chi connectivity index (χ3n) is 9.58. The maximum absolute atomic E-state index is 12.8. The summed E-state index contributed by atoms with van der Waals surface area (Å²) in [7, 11) is 5.87. The van der Waals surface area contributed by atoms with Gasteiger partial charge in [-0.25, -0.2) is 0 Å². The van der Waals surface area contributed by atoms with Gasteiger partial charge in [0.25, 0.3) is 0 Å². The monoisotopic (exact) mass is 928 g/mol. The summed E-state index contributed by atoms with van der Waals surface area (Å²) in [5, 5.41) is 11.7. The normalized spacial score (nSPS) is 14.1. The molecule has 0 spiro atoms. The van der Waals surface area contributed by atoms with Crippen LogP contribution in [0.15, 0.2) is 146 Å². The van der Waals surface area contributed by atoms with Crippen molar-refractivity contribution in [3.63, 3.8) is 0 Å². The number of ether oxygens (including phenoxy) is 4. The lowest BCUT2D eigenvalue weighted by atomic mass is 10.1. The first-order chi connectivity index (χ1) is 32.6. The van der Waals surface area contributed by atoms with Gasteiger partial charge in [0.2, 0.25) is 0 Å². The van der Waals surface area contributed by atoms with Gasteiger partial charge >= 0.3 is 11.9 Å². The maximum Gasteiger partial charge on any atom is 0.306 e. The van der Waals surface area contributed by atoms with Crippen LogP contribution in [-0.4, -0.2) is 82.3 Å². The van der Waals surface area contributed by atoms with Gasteiger partial charge in [-0.1, -0.05) is 160 Å². The third-order valence-corrected chi connectivity index (χ3v) is 9.58. The maximum atomic E-state index is 12.8. The summed E-state index contributed by atoms with van der Waals surface area (Å²) in [5.41, 5.74) is 0. The van der Waals surface area contributed by atoms with E-state index in [9.17, 15) is 19.5 Å². The summed E-state index contributed by atoms with van der Waals surface area (Å²) in [6.07, 6.45) is 66.1. The van der Waals surface area contributed by atoms with E-state index in [1.165, 1.54) is 0 Å². The minimum atomic E-state index is -1.65. The minimum absolute atomic E-state index is 0.123. The third kappa shape index (κ3) is 48.9. The Kier molecular flexibility index (Phi) is 44.2. The molecule has 0 N–H and O–H groups in total. The molecule has 2 atom stereocenters. The Hall–Kier alpha value is -4.83. The first kappa shape index (κ1) is 62.2. The smallest absolute Gasteiger partial charge is 0.306 e. The number of allylic oxidation sites excluding steroid dienone is 24. The average Bonchev–Trinajstić information content (AvgIpc) is 3.29. The lowest BCUT2D eigenvalue weighted by Crippen LogP contribution is -2.44. The van der Waals surface area contributed by atoms with Crippen LogP contribution in [0.2, 0.25) is 0 Å². The number of carbonyl (C=O) groups is 3. The van der Waals surface area contributed by atoms with Crippen molar-refractivity contribution in [2.45, 2.75) is 155 Å². The van der Waals surface area contributed by atoms with Crippen LogP contribution in [0, 0.1) is 0 Å². The van der Waals surface area contributed by atoms with E-state index in [0.717, 1.165) is 103 Å². The van der Waals surface area contributed by atoms with Crippen molar-refractivity contribution in [3.8, 4) is 0 Å². The van der Waals surface area contributed by atoms with Gasteiger partial charge in [-0.05, 0) is 116 Å². The largest absolute Gasteiger partial charge is 0.545 e. The SMILES string of the molecule is CC/C=C\C/C=C\C/C=C\C/C=C\C/C=C\C/C=C\C/C=C\C/C=C\CCCCC(=O)OC(COC(=O)CCCC/C=C\C/C=C\C/C=C\C/C=C\CC)COC(OCC[N+](C)(C)C)C(=O)[O-]. The highest BCUT2D eigenvalue weighted by molar-refractivity contribution is 5.70. The summed E-state index contributed by atoms with van der Waals surface area (Å²) in [6, 6.07) is 0. The van der Waals surface area contributed by atoms with Crippen LogP contribution in [0.5, 0.6) is 0 Å². The molecule has 0 aliphatic rings. The molecule has 0 saturated carbocycles. The van der Waals surface area contributed by atoms with Gasteiger partial charge in [0.1, 0.15) is 13.2 Å². The molecule has 0 aromatic heterocycles. The van der Waals surface area contributed by atoms with E-state index in [-0.39, 0.29) is 32.7 Å². The fourth-order valence-electron chi connectivity index (χ4n) is 5.77. The second-order valence-corrected chi connectivity index (χ2v) is 17.0. The van der Waals surface area contributed by atoms with E-state index in [0.29, 0.717) is 23.9 Å². The Morgan fingerprint density at radius 3 is 1.13 bits per heavy atom. The number of likely N-dealkylation sites (N-methyl/N-ethyl adjacent to an activating group) is 1. The summed E-state index contributed by atoms with van der Waals surface area (Å²) >= 11 is 0. The lowest BCUT2D eigenvalue weighted by molar-refractivity contribution is -0.870. The zero-order valence-electron chi connectivity index (χ0n) is 42.2. The van der Waals surface area contributed by atoms with E-state index < -0.39 is 30.3 Å². The number of nitrogens with zero attached hydrogens (tertiary/aromatic N) is 1. The van der Waals surface area contributed by atoms with Crippen LogP contribution >= 0.6 is 0 Å². The summed E-state index contributed by atoms with van der Waals surface area (Å²) in [4.78, 5) is 37.1. The van der Waals surface area contributed by atoms with Crippen molar-refractivity contribution in [2.75, 3.05) is 47.5 Å². The van der Waals surface area contributed by atoms with Gasteiger partial charge in [-0.2, -0.15) is 0 Å². The Balaban J connectivity index is 4.53. The Bertz CT molecular complexity index is 1600. The molecule has 67 heavy (non-hydrogen) atoms. The molecular formula is C58H89NO8.